The number of carboxylic acid groups (broad SMARTS) is 1. The van der Waals surface area contributed by atoms with Crippen LogP contribution in [0.3, 0.4) is 0 Å². The lowest BCUT2D eigenvalue weighted by Gasteiger charge is -2.09. The Hall–Kier alpha value is -2.33. The predicted molar refractivity (Wildman–Crippen MR) is 81.9 cm³/mol. The van der Waals surface area contributed by atoms with E-state index in [0.717, 1.165) is 13.0 Å². The van der Waals surface area contributed by atoms with Crippen molar-refractivity contribution in [3.8, 4) is 5.75 Å². The van der Waals surface area contributed by atoms with E-state index in [-0.39, 0.29) is 5.56 Å². The van der Waals surface area contributed by atoms with Gasteiger partial charge in [0.05, 0.1) is 0 Å². The molecule has 0 aliphatic heterocycles. The topological polar surface area (TPSA) is 58.6 Å². The van der Waals surface area contributed by atoms with Gasteiger partial charge in [-0.25, -0.2) is 4.79 Å². The molecule has 0 spiro atoms. The molecule has 0 amide bonds. The number of ether oxygens (including phenoxy) is 1. The summed E-state index contributed by atoms with van der Waals surface area (Å²) in [5.74, 6) is -0.558. The van der Waals surface area contributed by atoms with E-state index < -0.39 is 5.97 Å². The van der Waals surface area contributed by atoms with Gasteiger partial charge in [-0.3, -0.25) is 0 Å². The van der Waals surface area contributed by atoms with Crippen LogP contribution in [0.4, 0.5) is 0 Å². The number of nitrogens with one attached hydrogen (secondary N) is 1. The van der Waals surface area contributed by atoms with Gasteiger partial charge >= 0.3 is 5.97 Å². The first-order valence-corrected chi connectivity index (χ1v) is 6.97. The summed E-state index contributed by atoms with van der Waals surface area (Å²) < 4.78 is 5.51. The van der Waals surface area contributed by atoms with E-state index >= 15 is 0 Å². The van der Waals surface area contributed by atoms with Crippen molar-refractivity contribution in [1.82, 2.24) is 5.32 Å². The average Bonchev–Trinajstić information content (AvgIpc) is 2.52. The van der Waals surface area contributed by atoms with Crippen molar-refractivity contribution in [2.24, 2.45) is 0 Å². The fourth-order valence-electron chi connectivity index (χ4n) is 2.00. The van der Waals surface area contributed by atoms with Crippen molar-refractivity contribution in [2.75, 3.05) is 19.7 Å². The van der Waals surface area contributed by atoms with E-state index in [1.165, 1.54) is 5.56 Å². The molecule has 4 heteroatoms. The summed E-state index contributed by atoms with van der Waals surface area (Å²) >= 11 is 0. The van der Waals surface area contributed by atoms with Crippen molar-refractivity contribution in [3.63, 3.8) is 0 Å². The van der Waals surface area contributed by atoms with Crippen LogP contribution in [0.15, 0.2) is 54.6 Å². The molecule has 0 unspecified atom stereocenters. The number of rotatable bonds is 8. The molecule has 0 aliphatic rings. The molecule has 0 radical (unpaired) electrons. The van der Waals surface area contributed by atoms with Gasteiger partial charge in [0.2, 0.25) is 0 Å². The minimum atomic E-state index is -0.970. The Morgan fingerprint density at radius 3 is 2.48 bits per heavy atom. The number of carboxylic acids is 1. The van der Waals surface area contributed by atoms with Crippen LogP contribution in [0, 0.1) is 0 Å². The summed E-state index contributed by atoms with van der Waals surface area (Å²) in [6.45, 7) is 1.99. The molecule has 2 aromatic rings. The Kier molecular flexibility index (Phi) is 5.79. The van der Waals surface area contributed by atoms with Gasteiger partial charge in [-0.2, -0.15) is 0 Å². The third-order valence-corrected chi connectivity index (χ3v) is 3.09. The van der Waals surface area contributed by atoms with Crippen molar-refractivity contribution < 1.29 is 14.6 Å². The van der Waals surface area contributed by atoms with E-state index in [1.54, 1.807) is 24.3 Å². The summed E-state index contributed by atoms with van der Waals surface area (Å²) in [6.07, 6.45) is 0.965. The van der Waals surface area contributed by atoms with Crippen molar-refractivity contribution >= 4 is 5.97 Å². The number of aromatic carboxylic acids is 1. The van der Waals surface area contributed by atoms with Crippen LogP contribution in [-0.2, 0) is 6.42 Å². The molecule has 2 rings (SSSR count). The largest absolute Gasteiger partial charge is 0.491 e. The first-order valence-electron chi connectivity index (χ1n) is 6.97. The smallest absolute Gasteiger partial charge is 0.339 e. The maximum Gasteiger partial charge on any atom is 0.339 e. The van der Waals surface area contributed by atoms with Crippen molar-refractivity contribution in [2.45, 2.75) is 6.42 Å². The van der Waals surface area contributed by atoms with Crippen molar-refractivity contribution in [1.29, 1.82) is 0 Å². The number of hydrogen-bond acceptors (Lipinski definition) is 3. The lowest BCUT2D eigenvalue weighted by molar-refractivity contribution is 0.0692. The number of hydrogen-bond donors (Lipinski definition) is 2. The zero-order valence-corrected chi connectivity index (χ0v) is 11.8. The number of benzene rings is 2. The Bertz CT molecular complexity index is 569. The zero-order chi connectivity index (χ0) is 14.9. The lowest BCUT2D eigenvalue weighted by Crippen LogP contribution is -2.23. The SMILES string of the molecule is O=C(O)c1ccccc1OCCNCCc1ccccc1. The molecule has 0 heterocycles. The maximum atomic E-state index is 11.0. The van der Waals surface area contributed by atoms with E-state index in [1.807, 2.05) is 18.2 Å². The van der Waals surface area contributed by atoms with Gasteiger partial charge in [0.25, 0.3) is 0 Å². The second-order valence-corrected chi connectivity index (χ2v) is 4.64. The molecule has 2 aromatic carbocycles. The third kappa shape index (κ3) is 4.93. The highest BCUT2D eigenvalue weighted by Gasteiger charge is 2.09. The van der Waals surface area contributed by atoms with Crippen LogP contribution in [0.2, 0.25) is 0 Å². The molecule has 21 heavy (non-hydrogen) atoms. The van der Waals surface area contributed by atoms with Crippen molar-refractivity contribution in [3.05, 3.63) is 65.7 Å². The van der Waals surface area contributed by atoms with Gasteiger partial charge in [-0.05, 0) is 30.7 Å². The highest BCUT2D eigenvalue weighted by Crippen LogP contribution is 2.17. The first kappa shape index (κ1) is 15.1. The summed E-state index contributed by atoms with van der Waals surface area (Å²) in [5.41, 5.74) is 1.49. The Morgan fingerprint density at radius 2 is 1.71 bits per heavy atom. The van der Waals surface area contributed by atoms with Gasteiger partial charge in [0.1, 0.15) is 17.9 Å². The van der Waals surface area contributed by atoms with Gasteiger partial charge in [-0.1, -0.05) is 42.5 Å². The van der Waals surface area contributed by atoms with Gasteiger partial charge in [0.15, 0.2) is 0 Å². The van der Waals surface area contributed by atoms with Gasteiger partial charge in [-0.15, -0.1) is 0 Å². The van der Waals surface area contributed by atoms with E-state index in [4.69, 9.17) is 9.84 Å². The maximum absolute atomic E-state index is 11.0. The second kappa shape index (κ2) is 8.07. The predicted octanol–water partition coefficient (Wildman–Crippen LogP) is 2.60. The number of para-hydroxylation sites is 1. The van der Waals surface area contributed by atoms with Gasteiger partial charge < -0.3 is 15.2 Å². The minimum Gasteiger partial charge on any atom is -0.491 e. The molecule has 0 aromatic heterocycles. The van der Waals surface area contributed by atoms with Crippen LogP contribution >= 0.6 is 0 Å². The van der Waals surface area contributed by atoms with Crippen LogP contribution in [0.5, 0.6) is 5.75 Å². The third-order valence-electron chi connectivity index (χ3n) is 3.09. The summed E-state index contributed by atoms with van der Waals surface area (Å²) in [4.78, 5) is 11.0. The molecule has 0 saturated heterocycles. The van der Waals surface area contributed by atoms with Gasteiger partial charge in [0, 0.05) is 6.54 Å². The number of carbonyl (C=O) groups is 1. The molecular formula is C17H19NO3. The molecular weight excluding hydrogens is 266 g/mol. The normalized spacial score (nSPS) is 10.3. The highest BCUT2D eigenvalue weighted by molar-refractivity contribution is 5.90. The van der Waals surface area contributed by atoms with E-state index in [9.17, 15) is 4.79 Å². The van der Waals surface area contributed by atoms with Crippen LogP contribution < -0.4 is 10.1 Å². The molecule has 0 saturated carbocycles. The Labute approximate surface area is 124 Å². The molecule has 110 valence electrons. The van der Waals surface area contributed by atoms with E-state index in [2.05, 4.69) is 17.4 Å². The molecule has 0 bridgehead atoms. The fourth-order valence-corrected chi connectivity index (χ4v) is 2.00. The Balaban J connectivity index is 1.67. The highest BCUT2D eigenvalue weighted by atomic mass is 16.5. The molecule has 0 aliphatic carbocycles. The zero-order valence-electron chi connectivity index (χ0n) is 11.8. The van der Waals surface area contributed by atoms with E-state index in [0.29, 0.717) is 18.9 Å². The van der Waals surface area contributed by atoms with Crippen LogP contribution in [0.25, 0.3) is 0 Å². The van der Waals surface area contributed by atoms with Crippen LogP contribution in [-0.4, -0.2) is 30.8 Å². The summed E-state index contributed by atoms with van der Waals surface area (Å²) in [6, 6.07) is 16.9. The minimum absolute atomic E-state index is 0.196. The molecule has 4 nitrogen and oxygen atoms in total. The van der Waals surface area contributed by atoms with Crippen LogP contribution in [0.1, 0.15) is 15.9 Å². The second-order valence-electron chi connectivity index (χ2n) is 4.64. The fraction of sp³-hybridized carbons (Fsp3) is 0.235. The Morgan fingerprint density at radius 1 is 1.00 bits per heavy atom. The monoisotopic (exact) mass is 285 g/mol. The molecule has 0 atom stereocenters. The standard InChI is InChI=1S/C17H19NO3/c19-17(20)15-8-4-5-9-16(15)21-13-12-18-11-10-14-6-2-1-3-7-14/h1-9,18H,10-13H2,(H,19,20). The quantitative estimate of drug-likeness (QED) is 0.732. The molecule has 2 N–H and O–H groups in total. The lowest BCUT2D eigenvalue weighted by atomic mass is 10.1. The summed E-state index contributed by atoms with van der Waals surface area (Å²) in [7, 11) is 0. The average molecular weight is 285 g/mol. The summed E-state index contributed by atoms with van der Waals surface area (Å²) in [5, 5.41) is 12.3. The first-order chi connectivity index (χ1) is 10.3. The molecule has 0 fully saturated rings.